The van der Waals surface area contributed by atoms with Gasteiger partial charge in [-0.1, -0.05) is 19.1 Å². The maximum absolute atomic E-state index is 11.7. The van der Waals surface area contributed by atoms with Crippen LogP contribution in [-0.2, 0) is 9.59 Å². The summed E-state index contributed by atoms with van der Waals surface area (Å²) in [5.41, 5.74) is 0. The zero-order valence-electron chi connectivity index (χ0n) is 10.1. The number of imide groups is 1. The van der Waals surface area contributed by atoms with Gasteiger partial charge in [0, 0.05) is 12.3 Å². The summed E-state index contributed by atoms with van der Waals surface area (Å²) >= 11 is 3.37. The van der Waals surface area contributed by atoms with E-state index in [2.05, 4.69) is 15.9 Å². The van der Waals surface area contributed by atoms with Gasteiger partial charge in [0.15, 0.2) is 0 Å². The molecule has 2 rings (SSSR count). The molecular formula is C13H14BrNO3. The van der Waals surface area contributed by atoms with Gasteiger partial charge in [0.1, 0.15) is 12.4 Å². The molecule has 1 unspecified atom stereocenters. The van der Waals surface area contributed by atoms with E-state index in [1.165, 1.54) is 4.90 Å². The third-order valence-electron chi connectivity index (χ3n) is 2.88. The number of benzene rings is 1. The van der Waals surface area contributed by atoms with Crippen molar-refractivity contribution in [3.05, 3.63) is 28.7 Å². The molecule has 1 aliphatic heterocycles. The van der Waals surface area contributed by atoms with Gasteiger partial charge in [0.05, 0.1) is 11.0 Å². The van der Waals surface area contributed by atoms with Gasteiger partial charge >= 0.3 is 0 Å². The monoisotopic (exact) mass is 311 g/mol. The summed E-state index contributed by atoms with van der Waals surface area (Å²) in [5, 5.41) is 0. The van der Waals surface area contributed by atoms with Crippen LogP contribution in [0.3, 0.4) is 0 Å². The lowest BCUT2D eigenvalue weighted by Crippen LogP contribution is -2.34. The fourth-order valence-corrected chi connectivity index (χ4v) is 2.29. The molecule has 0 spiro atoms. The standard InChI is InChI=1S/C13H14BrNO3/c1-9-8-12(16)15(13(9)17)6-7-18-11-5-3-2-4-10(11)14/h2-5,9H,6-8H2,1H3. The molecule has 0 bridgehead atoms. The zero-order valence-corrected chi connectivity index (χ0v) is 11.6. The maximum Gasteiger partial charge on any atom is 0.232 e. The quantitative estimate of drug-likeness (QED) is 0.801. The van der Waals surface area contributed by atoms with Gasteiger partial charge < -0.3 is 4.74 Å². The maximum atomic E-state index is 11.7. The Morgan fingerprint density at radius 2 is 2.11 bits per heavy atom. The fraction of sp³-hybridized carbons (Fsp3) is 0.385. The predicted molar refractivity (Wildman–Crippen MR) is 70.1 cm³/mol. The van der Waals surface area contributed by atoms with E-state index < -0.39 is 0 Å². The summed E-state index contributed by atoms with van der Waals surface area (Å²) in [6, 6.07) is 7.48. The van der Waals surface area contributed by atoms with E-state index in [-0.39, 0.29) is 17.7 Å². The van der Waals surface area contributed by atoms with Crippen molar-refractivity contribution in [2.45, 2.75) is 13.3 Å². The van der Waals surface area contributed by atoms with Crippen molar-refractivity contribution >= 4 is 27.7 Å². The fourth-order valence-electron chi connectivity index (χ4n) is 1.89. The number of nitrogens with zero attached hydrogens (tertiary/aromatic N) is 1. The smallest absolute Gasteiger partial charge is 0.232 e. The Morgan fingerprint density at radius 3 is 2.72 bits per heavy atom. The van der Waals surface area contributed by atoms with Gasteiger partial charge in [-0.3, -0.25) is 14.5 Å². The molecule has 1 atom stereocenters. The topological polar surface area (TPSA) is 46.6 Å². The Morgan fingerprint density at radius 1 is 1.39 bits per heavy atom. The number of hydrogen-bond donors (Lipinski definition) is 0. The number of likely N-dealkylation sites (tertiary alicyclic amines) is 1. The molecule has 1 heterocycles. The van der Waals surface area contributed by atoms with Crippen LogP contribution in [0.2, 0.25) is 0 Å². The van der Waals surface area contributed by atoms with Crippen molar-refractivity contribution < 1.29 is 14.3 Å². The van der Waals surface area contributed by atoms with Gasteiger partial charge in [-0.25, -0.2) is 0 Å². The molecule has 18 heavy (non-hydrogen) atoms. The Hall–Kier alpha value is -1.36. The molecule has 1 fully saturated rings. The molecule has 5 heteroatoms. The second kappa shape index (κ2) is 5.52. The molecule has 1 aliphatic rings. The van der Waals surface area contributed by atoms with E-state index in [1.54, 1.807) is 6.92 Å². The summed E-state index contributed by atoms with van der Waals surface area (Å²) in [4.78, 5) is 24.5. The number of carbonyl (C=O) groups excluding carboxylic acids is 2. The van der Waals surface area contributed by atoms with Crippen LogP contribution in [0.1, 0.15) is 13.3 Å². The van der Waals surface area contributed by atoms with Crippen LogP contribution in [0.15, 0.2) is 28.7 Å². The number of halogens is 1. The van der Waals surface area contributed by atoms with E-state index in [4.69, 9.17) is 4.74 Å². The van der Waals surface area contributed by atoms with Crippen LogP contribution in [-0.4, -0.2) is 29.9 Å². The molecule has 1 saturated heterocycles. The highest BCUT2D eigenvalue weighted by Crippen LogP contribution is 2.24. The Labute approximate surface area is 114 Å². The number of para-hydroxylation sites is 1. The number of carbonyl (C=O) groups is 2. The SMILES string of the molecule is CC1CC(=O)N(CCOc2ccccc2Br)C1=O. The minimum absolute atomic E-state index is 0.101. The lowest BCUT2D eigenvalue weighted by atomic mass is 10.1. The van der Waals surface area contributed by atoms with E-state index >= 15 is 0 Å². The van der Waals surface area contributed by atoms with Gasteiger partial charge in [0.25, 0.3) is 0 Å². The largest absolute Gasteiger partial charge is 0.491 e. The third-order valence-corrected chi connectivity index (χ3v) is 3.53. The molecule has 0 N–H and O–H groups in total. The number of rotatable bonds is 4. The molecule has 0 radical (unpaired) electrons. The van der Waals surface area contributed by atoms with E-state index in [9.17, 15) is 9.59 Å². The molecule has 1 aromatic carbocycles. The van der Waals surface area contributed by atoms with E-state index in [0.717, 1.165) is 4.47 Å². The second-order valence-electron chi connectivity index (χ2n) is 4.27. The number of hydrogen-bond acceptors (Lipinski definition) is 3. The summed E-state index contributed by atoms with van der Waals surface area (Å²) in [7, 11) is 0. The molecule has 0 saturated carbocycles. The number of amides is 2. The average molecular weight is 312 g/mol. The van der Waals surface area contributed by atoms with Crippen molar-refractivity contribution in [3.63, 3.8) is 0 Å². The second-order valence-corrected chi connectivity index (χ2v) is 5.12. The van der Waals surface area contributed by atoms with Crippen LogP contribution in [0, 0.1) is 5.92 Å². The molecule has 0 aliphatic carbocycles. The van der Waals surface area contributed by atoms with Crippen molar-refractivity contribution in [3.8, 4) is 5.75 Å². The summed E-state index contributed by atoms with van der Waals surface area (Å²) < 4.78 is 6.40. The highest BCUT2D eigenvalue weighted by Gasteiger charge is 2.35. The molecule has 0 aromatic heterocycles. The van der Waals surface area contributed by atoms with Crippen molar-refractivity contribution in [1.82, 2.24) is 4.90 Å². The molecule has 96 valence electrons. The molecule has 2 amide bonds. The minimum Gasteiger partial charge on any atom is -0.491 e. The summed E-state index contributed by atoms with van der Waals surface area (Å²) in [6.07, 6.45) is 0.313. The Kier molecular flexibility index (Phi) is 4.01. The predicted octanol–water partition coefficient (Wildman–Crippen LogP) is 2.22. The van der Waals surface area contributed by atoms with Gasteiger partial charge in [-0.15, -0.1) is 0 Å². The lowest BCUT2D eigenvalue weighted by Gasteiger charge is -2.15. The van der Waals surface area contributed by atoms with Crippen molar-refractivity contribution in [1.29, 1.82) is 0 Å². The summed E-state index contributed by atoms with van der Waals surface area (Å²) in [6.45, 7) is 2.39. The first-order valence-electron chi connectivity index (χ1n) is 5.81. The van der Waals surface area contributed by atoms with Crippen LogP contribution in [0.4, 0.5) is 0 Å². The third kappa shape index (κ3) is 2.72. The van der Waals surface area contributed by atoms with Crippen molar-refractivity contribution in [2.75, 3.05) is 13.2 Å². The minimum atomic E-state index is -0.194. The first kappa shape index (κ1) is 13.1. The normalized spacial score (nSPS) is 19.4. The lowest BCUT2D eigenvalue weighted by molar-refractivity contribution is -0.139. The highest BCUT2D eigenvalue weighted by atomic mass is 79.9. The highest BCUT2D eigenvalue weighted by molar-refractivity contribution is 9.10. The average Bonchev–Trinajstić information content (AvgIpc) is 2.58. The zero-order chi connectivity index (χ0) is 13.1. The van der Waals surface area contributed by atoms with E-state index in [1.807, 2.05) is 24.3 Å². The van der Waals surface area contributed by atoms with Crippen LogP contribution < -0.4 is 4.74 Å². The first-order valence-corrected chi connectivity index (χ1v) is 6.60. The first-order chi connectivity index (χ1) is 8.59. The summed E-state index contributed by atoms with van der Waals surface area (Å²) in [5.74, 6) is 0.310. The molecule has 1 aromatic rings. The van der Waals surface area contributed by atoms with Gasteiger partial charge in [0.2, 0.25) is 11.8 Å². The van der Waals surface area contributed by atoms with Crippen LogP contribution in [0.25, 0.3) is 0 Å². The van der Waals surface area contributed by atoms with Crippen LogP contribution >= 0.6 is 15.9 Å². The Balaban J connectivity index is 1.88. The molecular weight excluding hydrogens is 298 g/mol. The van der Waals surface area contributed by atoms with Gasteiger partial charge in [-0.2, -0.15) is 0 Å². The Bertz CT molecular complexity index is 475. The van der Waals surface area contributed by atoms with E-state index in [0.29, 0.717) is 25.3 Å². The number of ether oxygens (including phenoxy) is 1. The van der Waals surface area contributed by atoms with Gasteiger partial charge in [-0.05, 0) is 28.1 Å². The van der Waals surface area contributed by atoms with Crippen molar-refractivity contribution in [2.24, 2.45) is 5.92 Å². The van der Waals surface area contributed by atoms with Crippen LogP contribution in [0.5, 0.6) is 5.75 Å². The molecule has 4 nitrogen and oxygen atoms in total.